The Labute approximate surface area is 95.8 Å². The van der Waals surface area contributed by atoms with E-state index in [1.165, 1.54) is 18.2 Å². The second-order valence-electron chi connectivity index (χ2n) is 4.33. The van der Waals surface area contributed by atoms with Crippen LogP contribution in [-0.4, -0.2) is 25.7 Å². The fraction of sp³-hybridized carbons (Fsp3) is 0.462. The van der Waals surface area contributed by atoms with Crippen LogP contribution >= 0.6 is 0 Å². The van der Waals surface area contributed by atoms with Crippen LogP contribution in [0.4, 0.5) is 0 Å². The molecule has 1 fully saturated rings. The summed E-state index contributed by atoms with van der Waals surface area (Å²) in [6.45, 7) is 2.93. The lowest BCUT2D eigenvalue weighted by molar-refractivity contribution is -0.142. The number of methoxy groups -OCH3 is 1. The molecular weight excluding hydrogens is 202 g/mol. The van der Waals surface area contributed by atoms with E-state index in [1.54, 1.807) is 0 Å². The molecule has 0 radical (unpaired) electrons. The lowest BCUT2D eigenvalue weighted by atomic mass is 9.95. The van der Waals surface area contributed by atoms with E-state index >= 15 is 0 Å². The molecule has 0 bridgehead atoms. The van der Waals surface area contributed by atoms with Crippen LogP contribution in [0.25, 0.3) is 0 Å². The zero-order chi connectivity index (χ0) is 11.5. The predicted octanol–water partition coefficient (Wildman–Crippen LogP) is 1.61. The average Bonchev–Trinajstić information content (AvgIpc) is 2.78. The summed E-state index contributed by atoms with van der Waals surface area (Å²) in [6.07, 6.45) is 0.829. The summed E-state index contributed by atoms with van der Waals surface area (Å²) in [6, 6.07) is 8.36. The van der Waals surface area contributed by atoms with Crippen molar-refractivity contribution in [3.8, 4) is 0 Å². The van der Waals surface area contributed by atoms with Crippen molar-refractivity contribution in [3.05, 3.63) is 35.4 Å². The molecule has 1 aliphatic rings. The van der Waals surface area contributed by atoms with E-state index in [1.807, 2.05) is 0 Å². The maximum Gasteiger partial charge on any atom is 0.322 e. The van der Waals surface area contributed by atoms with Gasteiger partial charge in [0.15, 0.2) is 0 Å². The number of carbonyl (C=O) groups excluding carboxylic acids is 1. The fourth-order valence-electron chi connectivity index (χ4n) is 2.15. The number of hydrogen-bond acceptors (Lipinski definition) is 3. The van der Waals surface area contributed by atoms with Crippen LogP contribution in [0.15, 0.2) is 24.3 Å². The maximum atomic E-state index is 11.4. The SMILES string of the molecule is COC(=O)C1CC(c2ccc(C)cc2)CN1. The Morgan fingerprint density at radius 1 is 1.38 bits per heavy atom. The highest BCUT2D eigenvalue weighted by atomic mass is 16.5. The van der Waals surface area contributed by atoms with Gasteiger partial charge in [-0.2, -0.15) is 0 Å². The quantitative estimate of drug-likeness (QED) is 0.768. The van der Waals surface area contributed by atoms with E-state index in [9.17, 15) is 4.79 Å². The van der Waals surface area contributed by atoms with E-state index in [-0.39, 0.29) is 12.0 Å². The van der Waals surface area contributed by atoms with Gasteiger partial charge in [-0.05, 0) is 24.8 Å². The summed E-state index contributed by atoms with van der Waals surface area (Å²) in [5, 5.41) is 3.20. The molecule has 16 heavy (non-hydrogen) atoms. The molecule has 1 N–H and O–H groups in total. The van der Waals surface area contributed by atoms with Crippen molar-refractivity contribution in [3.63, 3.8) is 0 Å². The molecule has 0 spiro atoms. The Balaban J connectivity index is 2.03. The minimum absolute atomic E-state index is 0.142. The topological polar surface area (TPSA) is 38.3 Å². The minimum atomic E-state index is -0.158. The predicted molar refractivity (Wildman–Crippen MR) is 62.3 cm³/mol. The van der Waals surface area contributed by atoms with Crippen molar-refractivity contribution in [1.29, 1.82) is 0 Å². The Morgan fingerprint density at radius 2 is 2.06 bits per heavy atom. The van der Waals surface area contributed by atoms with Crippen molar-refractivity contribution >= 4 is 5.97 Å². The summed E-state index contributed by atoms with van der Waals surface area (Å²) in [5.74, 6) is 0.263. The second kappa shape index (κ2) is 4.66. The lowest BCUT2D eigenvalue weighted by Gasteiger charge is -2.09. The molecule has 1 aromatic carbocycles. The van der Waals surface area contributed by atoms with Crippen LogP contribution in [0.2, 0.25) is 0 Å². The Bertz CT molecular complexity index is 372. The highest BCUT2D eigenvalue weighted by Gasteiger charge is 2.30. The van der Waals surface area contributed by atoms with Gasteiger partial charge >= 0.3 is 5.97 Å². The van der Waals surface area contributed by atoms with E-state index in [0.717, 1.165) is 13.0 Å². The molecule has 1 aromatic rings. The second-order valence-corrected chi connectivity index (χ2v) is 4.33. The van der Waals surface area contributed by atoms with E-state index in [0.29, 0.717) is 5.92 Å². The van der Waals surface area contributed by atoms with Gasteiger partial charge in [0, 0.05) is 6.54 Å². The third-order valence-corrected chi connectivity index (χ3v) is 3.17. The van der Waals surface area contributed by atoms with Gasteiger partial charge in [-0.25, -0.2) is 0 Å². The average molecular weight is 219 g/mol. The van der Waals surface area contributed by atoms with Gasteiger partial charge in [-0.15, -0.1) is 0 Å². The molecule has 0 amide bonds. The number of ether oxygens (including phenoxy) is 1. The highest BCUT2D eigenvalue weighted by Crippen LogP contribution is 2.26. The number of carbonyl (C=O) groups is 1. The number of esters is 1. The van der Waals surface area contributed by atoms with E-state index in [2.05, 4.69) is 36.5 Å². The molecule has 3 heteroatoms. The largest absolute Gasteiger partial charge is 0.468 e. The van der Waals surface area contributed by atoms with Crippen molar-refractivity contribution in [2.24, 2.45) is 0 Å². The van der Waals surface area contributed by atoms with Crippen molar-refractivity contribution < 1.29 is 9.53 Å². The highest BCUT2D eigenvalue weighted by molar-refractivity contribution is 5.76. The molecule has 86 valence electrons. The molecule has 2 rings (SSSR count). The van der Waals surface area contributed by atoms with Gasteiger partial charge in [-0.3, -0.25) is 4.79 Å². The van der Waals surface area contributed by atoms with Gasteiger partial charge in [0.05, 0.1) is 7.11 Å². The minimum Gasteiger partial charge on any atom is -0.468 e. The van der Waals surface area contributed by atoms with Gasteiger partial charge in [0.1, 0.15) is 6.04 Å². The Kier molecular flexibility index (Phi) is 3.25. The van der Waals surface area contributed by atoms with Gasteiger partial charge < -0.3 is 10.1 Å². The molecule has 0 saturated carbocycles. The third-order valence-electron chi connectivity index (χ3n) is 3.17. The molecule has 1 saturated heterocycles. The molecule has 3 nitrogen and oxygen atoms in total. The van der Waals surface area contributed by atoms with Crippen LogP contribution in [0.3, 0.4) is 0 Å². The molecule has 0 aliphatic carbocycles. The Hall–Kier alpha value is -1.35. The first-order valence-corrected chi connectivity index (χ1v) is 5.58. The maximum absolute atomic E-state index is 11.4. The summed E-state index contributed by atoms with van der Waals surface area (Å²) in [4.78, 5) is 11.4. The normalized spacial score (nSPS) is 24.4. The summed E-state index contributed by atoms with van der Waals surface area (Å²) >= 11 is 0. The van der Waals surface area contributed by atoms with Crippen molar-refractivity contribution in [2.45, 2.75) is 25.3 Å². The first-order valence-electron chi connectivity index (χ1n) is 5.58. The molecule has 2 atom stereocenters. The van der Waals surface area contributed by atoms with Gasteiger partial charge in [-0.1, -0.05) is 29.8 Å². The van der Waals surface area contributed by atoms with Crippen LogP contribution in [-0.2, 0) is 9.53 Å². The summed E-state index contributed by atoms with van der Waals surface area (Å²) < 4.78 is 4.74. The lowest BCUT2D eigenvalue weighted by Crippen LogP contribution is -2.31. The van der Waals surface area contributed by atoms with Crippen molar-refractivity contribution in [1.82, 2.24) is 5.32 Å². The van der Waals surface area contributed by atoms with Crippen molar-refractivity contribution in [2.75, 3.05) is 13.7 Å². The standard InChI is InChI=1S/C13H17NO2/c1-9-3-5-10(6-4-9)11-7-12(14-8-11)13(15)16-2/h3-6,11-12,14H,7-8H2,1-2H3. The van der Waals surface area contributed by atoms with Crippen LogP contribution in [0, 0.1) is 6.92 Å². The first kappa shape index (κ1) is 11.1. The number of aryl methyl sites for hydroxylation is 1. The fourth-order valence-corrected chi connectivity index (χ4v) is 2.15. The molecule has 0 aromatic heterocycles. The van der Waals surface area contributed by atoms with Gasteiger partial charge in [0.25, 0.3) is 0 Å². The van der Waals surface area contributed by atoms with E-state index < -0.39 is 0 Å². The smallest absolute Gasteiger partial charge is 0.322 e. The molecule has 1 heterocycles. The number of benzene rings is 1. The third kappa shape index (κ3) is 2.25. The van der Waals surface area contributed by atoms with Gasteiger partial charge in [0.2, 0.25) is 0 Å². The molecule has 1 aliphatic heterocycles. The summed E-state index contributed by atoms with van der Waals surface area (Å²) in [7, 11) is 1.43. The first-order chi connectivity index (χ1) is 7.70. The monoisotopic (exact) mass is 219 g/mol. The molecular formula is C13H17NO2. The van der Waals surface area contributed by atoms with Crippen LogP contribution in [0.5, 0.6) is 0 Å². The molecule has 2 unspecified atom stereocenters. The van der Waals surface area contributed by atoms with Crippen LogP contribution < -0.4 is 5.32 Å². The Morgan fingerprint density at radius 3 is 2.69 bits per heavy atom. The number of nitrogens with one attached hydrogen (secondary N) is 1. The number of rotatable bonds is 2. The number of hydrogen-bond donors (Lipinski definition) is 1. The van der Waals surface area contributed by atoms with Crippen LogP contribution in [0.1, 0.15) is 23.5 Å². The zero-order valence-corrected chi connectivity index (χ0v) is 9.69. The van der Waals surface area contributed by atoms with E-state index in [4.69, 9.17) is 4.74 Å². The summed E-state index contributed by atoms with van der Waals surface area (Å²) in [5.41, 5.74) is 2.56. The zero-order valence-electron chi connectivity index (χ0n) is 9.69.